The van der Waals surface area contributed by atoms with E-state index in [2.05, 4.69) is 25.2 Å². The molecule has 1 amide bonds. The summed E-state index contributed by atoms with van der Waals surface area (Å²) >= 11 is 1.48. The van der Waals surface area contributed by atoms with Gasteiger partial charge in [-0.1, -0.05) is 0 Å². The van der Waals surface area contributed by atoms with Gasteiger partial charge in [0.1, 0.15) is 22.3 Å². The van der Waals surface area contributed by atoms with Crippen LogP contribution in [-0.4, -0.2) is 58.6 Å². The summed E-state index contributed by atoms with van der Waals surface area (Å²) in [5.74, 6) is 2.11. The quantitative estimate of drug-likeness (QED) is 0.663. The Kier molecular flexibility index (Phi) is 6.28. The first-order valence-corrected chi connectivity index (χ1v) is 10.5. The molecule has 1 aliphatic heterocycles. The molecule has 8 nitrogen and oxygen atoms in total. The van der Waals surface area contributed by atoms with Crippen LogP contribution in [0.5, 0.6) is 0 Å². The molecule has 152 valence electrons. The summed E-state index contributed by atoms with van der Waals surface area (Å²) in [7, 11) is 0. The van der Waals surface area contributed by atoms with Gasteiger partial charge in [-0.15, -0.1) is 11.3 Å². The van der Waals surface area contributed by atoms with Gasteiger partial charge >= 0.3 is 0 Å². The van der Waals surface area contributed by atoms with Crippen LogP contribution in [0.4, 0.5) is 5.82 Å². The van der Waals surface area contributed by atoms with Crippen LogP contribution >= 0.6 is 11.3 Å². The van der Waals surface area contributed by atoms with Crippen molar-refractivity contribution in [2.45, 2.75) is 19.8 Å². The van der Waals surface area contributed by atoms with E-state index in [9.17, 15) is 4.79 Å². The summed E-state index contributed by atoms with van der Waals surface area (Å²) in [4.78, 5) is 28.1. The number of nitrogens with zero attached hydrogens (tertiary/aromatic N) is 4. The number of aromatic nitrogens is 3. The molecule has 0 unspecified atom stereocenters. The molecule has 1 N–H and O–H groups in total. The van der Waals surface area contributed by atoms with E-state index in [1.807, 2.05) is 24.4 Å². The maximum Gasteiger partial charge on any atom is 0.226 e. The number of furan rings is 1. The standard InChI is InChI=1S/C20H23N5O3S/c1-14-3-4-16(28-14)19-22-15(20-21-6-12-29-20)13-17(24-19)23-18(26)5-8-25-7-2-10-27-11-9-25/h3-4,6,12-13H,2,5,7-11H2,1H3,(H,22,23,24,26). The van der Waals surface area contributed by atoms with Crippen molar-refractivity contribution < 1.29 is 13.9 Å². The molecule has 0 aromatic carbocycles. The van der Waals surface area contributed by atoms with E-state index in [1.165, 1.54) is 11.3 Å². The van der Waals surface area contributed by atoms with Gasteiger partial charge in [0, 0.05) is 50.3 Å². The second-order valence-corrected chi connectivity index (χ2v) is 7.71. The van der Waals surface area contributed by atoms with Gasteiger partial charge < -0.3 is 19.4 Å². The van der Waals surface area contributed by atoms with E-state index >= 15 is 0 Å². The number of thiazole rings is 1. The van der Waals surface area contributed by atoms with Crippen molar-refractivity contribution in [1.82, 2.24) is 19.9 Å². The lowest BCUT2D eigenvalue weighted by Gasteiger charge is -2.18. The first-order chi connectivity index (χ1) is 14.2. The Morgan fingerprint density at radius 3 is 3.00 bits per heavy atom. The van der Waals surface area contributed by atoms with Crippen LogP contribution in [0.15, 0.2) is 34.2 Å². The molecule has 0 spiro atoms. The van der Waals surface area contributed by atoms with Crippen LogP contribution in [0.2, 0.25) is 0 Å². The SMILES string of the molecule is Cc1ccc(-c2nc(NC(=O)CCN3CCCOCC3)cc(-c3nccs3)n2)o1. The molecule has 1 aliphatic rings. The van der Waals surface area contributed by atoms with Crippen LogP contribution in [-0.2, 0) is 9.53 Å². The van der Waals surface area contributed by atoms with Crippen LogP contribution < -0.4 is 5.32 Å². The Morgan fingerprint density at radius 2 is 2.21 bits per heavy atom. The number of hydrogen-bond acceptors (Lipinski definition) is 8. The minimum absolute atomic E-state index is 0.0828. The normalized spacial score (nSPS) is 15.2. The van der Waals surface area contributed by atoms with Gasteiger partial charge in [-0.05, 0) is 25.5 Å². The number of hydrogen-bond donors (Lipinski definition) is 1. The summed E-state index contributed by atoms with van der Waals surface area (Å²) in [6.07, 6.45) is 3.12. The van der Waals surface area contributed by atoms with Crippen molar-refractivity contribution in [2.75, 3.05) is 38.2 Å². The molecule has 3 aromatic rings. The summed E-state index contributed by atoms with van der Waals surface area (Å²) < 4.78 is 11.1. The number of ether oxygens (including phenoxy) is 1. The van der Waals surface area contributed by atoms with Crippen molar-refractivity contribution in [3.8, 4) is 22.3 Å². The number of amides is 1. The number of anilines is 1. The van der Waals surface area contributed by atoms with Gasteiger partial charge in [-0.3, -0.25) is 4.79 Å². The van der Waals surface area contributed by atoms with Crippen molar-refractivity contribution >= 4 is 23.1 Å². The average Bonchev–Trinajstić information content (AvgIpc) is 3.33. The molecule has 4 rings (SSSR count). The van der Waals surface area contributed by atoms with Gasteiger partial charge in [0.2, 0.25) is 5.91 Å². The summed E-state index contributed by atoms with van der Waals surface area (Å²) in [5.41, 5.74) is 0.652. The monoisotopic (exact) mass is 413 g/mol. The zero-order valence-corrected chi connectivity index (χ0v) is 17.1. The Bertz CT molecular complexity index is 949. The van der Waals surface area contributed by atoms with E-state index in [0.29, 0.717) is 36.1 Å². The van der Waals surface area contributed by atoms with E-state index in [4.69, 9.17) is 9.15 Å². The van der Waals surface area contributed by atoms with Crippen molar-refractivity contribution in [3.63, 3.8) is 0 Å². The minimum atomic E-state index is -0.0828. The lowest BCUT2D eigenvalue weighted by Crippen LogP contribution is -2.30. The lowest BCUT2D eigenvalue weighted by atomic mass is 10.3. The summed E-state index contributed by atoms with van der Waals surface area (Å²) in [6, 6.07) is 5.43. The first kappa shape index (κ1) is 19.7. The number of nitrogens with one attached hydrogen (secondary N) is 1. The predicted molar refractivity (Wildman–Crippen MR) is 111 cm³/mol. The third-order valence-corrected chi connectivity index (χ3v) is 5.37. The fourth-order valence-electron chi connectivity index (χ4n) is 3.12. The Labute approximate surface area is 173 Å². The predicted octanol–water partition coefficient (Wildman–Crippen LogP) is 3.22. The Morgan fingerprint density at radius 1 is 1.28 bits per heavy atom. The smallest absolute Gasteiger partial charge is 0.226 e. The topological polar surface area (TPSA) is 93.4 Å². The molecule has 29 heavy (non-hydrogen) atoms. The second-order valence-electron chi connectivity index (χ2n) is 6.82. The second kappa shape index (κ2) is 9.25. The van der Waals surface area contributed by atoms with Crippen LogP contribution in [0, 0.1) is 6.92 Å². The lowest BCUT2D eigenvalue weighted by molar-refractivity contribution is -0.116. The van der Waals surface area contributed by atoms with Gasteiger partial charge in [-0.2, -0.15) is 0 Å². The van der Waals surface area contributed by atoms with Crippen molar-refractivity contribution in [1.29, 1.82) is 0 Å². The molecular weight excluding hydrogens is 390 g/mol. The molecule has 1 saturated heterocycles. The number of carbonyl (C=O) groups excluding carboxylic acids is 1. The summed E-state index contributed by atoms with van der Waals surface area (Å²) in [6.45, 7) is 5.89. The number of rotatable bonds is 6. The molecule has 0 bridgehead atoms. The highest BCUT2D eigenvalue weighted by atomic mass is 32.1. The van der Waals surface area contributed by atoms with Gasteiger partial charge in [-0.25, -0.2) is 15.0 Å². The largest absolute Gasteiger partial charge is 0.458 e. The molecule has 9 heteroatoms. The van der Waals surface area contributed by atoms with Crippen LogP contribution in [0.1, 0.15) is 18.6 Å². The summed E-state index contributed by atoms with van der Waals surface area (Å²) in [5, 5.41) is 5.55. The molecule has 0 aliphatic carbocycles. The Balaban J connectivity index is 1.49. The third-order valence-electron chi connectivity index (χ3n) is 4.58. The van der Waals surface area contributed by atoms with Gasteiger partial charge in [0.05, 0.1) is 6.61 Å². The molecular formula is C20H23N5O3S. The molecule has 3 aromatic heterocycles. The fourth-order valence-corrected chi connectivity index (χ4v) is 3.72. The highest BCUT2D eigenvalue weighted by molar-refractivity contribution is 7.13. The van der Waals surface area contributed by atoms with E-state index in [0.717, 1.165) is 43.5 Å². The zero-order chi connectivity index (χ0) is 20.1. The molecule has 1 fully saturated rings. The fraction of sp³-hybridized carbons (Fsp3) is 0.400. The highest BCUT2D eigenvalue weighted by Gasteiger charge is 2.15. The van der Waals surface area contributed by atoms with Crippen LogP contribution in [0.25, 0.3) is 22.3 Å². The Hall–Kier alpha value is -2.62. The maximum absolute atomic E-state index is 12.5. The van der Waals surface area contributed by atoms with E-state index in [-0.39, 0.29) is 5.91 Å². The number of aryl methyl sites for hydroxylation is 1. The molecule has 0 radical (unpaired) electrons. The third kappa shape index (κ3) is 5.26. The van der Waals surface area contributed by atoms with Crippen LogP contribution in [0.3, 0.4) is 0 Å². The van der Waals surface area contributed by atoms with Crippen molar-refractivity contribution in [3.05, 3.63) is 35.5 Å². The van der Waals surface area contributed by atoms with E-state index in [1.54, 1.807) is 12.3 Å². The average molecular weight is 414 g/mol. The maximum atomic E-state index is 12.5. The van der Waals surface area contributed by atoms with Gasteiger partial charge in [0.25, 0.3) is 0 Å². The zero-order valence-electron chi connectivity index (χ0n) is 16.3. The molecule has 0 atom stereocenters. The van der Waals surface area contributed by atoms with Gasteiger partial charge in [0.15, 0.2) is 11.6 Å². The minimum Gasteiger partial charge on any atom is -0.458 e. The van der Waals surface area contributed by atoms with E-state index < -0.39 is 0 Å². The highest BCUT2D eigenvalue weighted by Crippen LogP contribution is 2.26. The van der Waals surface area contributed by atoms with Crippen molar-refractivity contribution in [2.24, 2.45) is 0 Å². The number of carbonyl (C=O) groups is 1. The first-order valence-electron chi connectivity index (χ1n) is 9.63. The molecule has 0 saturated carbocycles. The molecule has 4 heterocycles.